The Hall–Kier alpha value is -1.13. The minimum absolute atomic E-state index is 0.0616. The molecule has 19 heavy (non-hydrogen) atoms. The molecule has 1 heterocycles. The molecule has 1 aromatic rings. The first-order valence-corrected chi connectivity index (χ1v) is 7.29. The van der Waals surface area contributed by atoms with Crippen LogP contribution in [-0.4, -0.2) is 39.0 Å². The average Bonchev–Trinajstić information content (AvgIpc) is 2.55. The summed E-state index contributed by atoms with van der Waals surface area (Å²) >= 11 is 0.705. The van der Waals surface area contributed by atoms with E-state index >= 15 is 0 Å². The first-order chi connectivity index (χ1) is 8.43. The lowest BCUT2D eigenvalue weighted by molar-refractivity contribution is -0.138. The van der Waals surface area contributed by atoms with Crippen molar-refractivity contribution in [2.24, 2.45) is 5.14 Å². The van der Waals surface area contributed by atoms with Gasteiger partial charge in [0, 0.05) is 12.4 Å². The van der Waals surface area contributed by atoms with E-state index in [0.29, 0.717) is 16.2 Å². The molecule has 0 aliphatic carbocycles. The van der Waals surface area contributed by atoms with Crippen molar-refractivity contribution in [2.75, 3.05) is 13.6 Å². The number of carbonyl (C=O) groups excluding carboxylic acids is 1. The molecule has 10 heteroatoms. The van der Waals surface area contributed by atoms with E-state index in [1.165, 1.54) is 12.3 Å². The number of sulfonamides is 1. The van der Waals surface area contributed by atoms with Crippen LogP contribution in [0.5, 0.6) is 0 Å². The van der Waals surface area contributed by atoms with Crippen LogP contribution in [0.25, 0.3) is 0 Å². The van der Waals surface area contributed by atoms with Gasteiger partial charge >= 0.3 is 6.18 Å². The Morgan fingerprint density at radius 1 is 1.47 bits per heavy atom. The van der Waals surface area contributed by atoms with Crippen LogP contribution in [0.1, 0.15) is 15.9 Å². The zero-order valence-electron chi connectivity index (χ0n) is 9.98. The molecular formula is C9H11F3N2O3S2. The lowest BCUT2D eigenvalue weighted by Gasteiger charge is -2.18. The topological polar surface area (TPSA) is 80.5 Å². The van der Waals surface area contributed by atoms with Gasteiger partial charge in [-0.1, -0.05) is 0 Å². The smallest absolute Gasteiger partial charge is 0.333 e. The summed E-state index contributed by atoms with van der Waals surface area (Å²) in [6.45, 7) is -0.0866. The molecule has 0 atom stereocenters. The maximum absolute atomic E-state index is 12.2. The molecule has 0 spiro atoms. The first-order valence-electron chi connectivity index (χ1n) is 4.86. The Morgan fingerprint density at radius 2 is 2.00 bits per heavy atom. The highest BCUT2D eigenvalue weighted by molar-refractivity contribution is 7.91. The fourth-order valence-electron chi connectivity index (χ4n) is 1.44. The molecule has 2 N–H and O–H groups in total. The van der Waals surface area contributed by atoms with Gasteiger partial charge in [0.2, 0.25) is 10.0 Å². The van der Waals surface area contributed by atoms with Crippen molar-refractivity contribution >= 4 is 27.3 Å². The van der Waals surface area contributed by atoms with Crippen LogP contribution in [-0.2, 0) is 10.0 Å². The predicted octanol–water partition coefficient (Wildman–Crippen LogP) is 1.34. The Bertz CT molecular complexity index is 592. The number of thiophene rings is 1. The van der Waals surface area contributed by atoms with Crippen molar-refractivity contribution in [1.29, 1.82) is 0 Å². The molecule has 0 aromatic carbocycles. The fraction of sp³-hybridized carbons (Fsp3) is 0.444. The van der Waals surface area contributed by atoms with Gasteiger partial charge in [0.1, 0.15) is 10.8 Å². The van der Waals surface area contributed by atoms with Gasteiger partial charge in [0.25, 0.3) is 5.91 Å². The van der Waals surface area contributed by atoms with E-state index in [1.807, 2.05) is 0 Å². The third-order valence-electron chi connectivity index (χ3n) is 2.25. The van der Waals surface area contributed by atoms with Crippen LogP contribution in [0.3, 0.4) is 0 Å². The normalized spacial score (nSPS) is 12.5. The minimum Gasteiger partial charge on any atom is -0.333 e. The lowest BCUT2D eigenvalue weighted by atomic mass is 10.2. The minimum atomic E-state index is -4.52. The highest BCUT2D eigenvalue weighted by atomic mass is 32.2. The van der Waals surface area contributed by atoms with E-state index in [9.17, 15) is 26.4 Å². The van der Waals surface area contributed by atoms with Crippen LogP contribution in [0.4, 0.5) is 13.2 Å². The quantitative estimate of drug-likeness (QED) is 0.913. The van der Waals surface area contributed by atoms with E-state index in [0.717, 1.165) is 7.05 Å². The molecule has 0 unspecified atom stereocenters. The summed E-state index contributed by atoms with van der Waals surface area (Å²) in [5, 5.41) is 6.11. The SMILES string of the molecule is Cc1c(C(=O)N(C)CC(F)(F)F)csc1S(N)(=O)=O. The van der Waals surface area contributed by atoms with Gasteiger partial charge in [-0.15, -0.1) is 11.3 Å². The zero-order chi connectivity index (χ0) is 15.0. The van der Waals surface area contributed by atoms with E-state index in [-0.39, 0.29) is 15.3 Å². The molecule has 0 saturated carbocycles. The van der Waals surface area contributed by atoms with Gasteiger partial charge < -0.3 is 4.90 Å². The number of halogens is 3. The van der Waals surface area contributed by atoms with E-state index in [1.54, 1.807) is 0 Å². The van der Waals surface area contributed by atoms with Crippen LogP contribution in [0.2, 0.25) is 0 Å². The number of amides is 1. The number of alkyl halides is 3. The van der Waals surface area contributed by atoms with Gasteiger partial charge in [0.15, 0.2) is 0 Å². The van der Waals surface area contributed by atoms with Gasteiger partial charge in [-0.2, -0.15) is 13.2 Å². The number of hydrogen-bond donors (Lipinski definition) is 1. The zero-order valence-corrected chi connectivity index (χ0v) is 11.6. The number of hydrogen-bond acceptors (Lipinski definition) is 4. The second-order valence-corrected chi connectivity index (χ2v) is 6.52. The largest absolute Gasteiger partial charge is 0.406 e. The summed E-state index contributed by atoms with van der Waals surface area (Å²) in [5.74, 6) is -0.902. The number of carbonyl (C=O) groups is 1. The first kappa shape index (κ1) is 15.9. The Kier molecular flexibility index (Phi) is 4.27. The molecule has 0 bridgehead atoms. The fourth-order valence-corrected chi connectivity index (χ4v) is 3.44. The van der Waals surface area contributed by atoms with E-state index < -0.39 is 28.7 Å². The number of rotatable bonds is 3. The predicted molar refractivity (Wildman–Crippen MR) is 63.4 cm³/mol. The molecule has 108 valence electrons. The summed E-state index contributed by atoms with van der Waals surface area (Å²) < 4.78 is 58.6. The van der Waals surface area contributed by atoms with E-state index in [2.05, 4.69) is 0 Å². The molecule has 0 fully saturated rings. The van der Waals surface area contributed by atoms with Crippen molar-refractivity contribution in [1.82, 2.24) is 4.90 Å². The standard InChI is InChI=1S/C9H11F3N2O3S2/c1-5-6(3-18-8(5)19(13,16)17)7(15)14(2)4-9(10,11)12/h3H,4H2,1-2H3,(H2,13,16,17). The van der Waals surface area contributed by atoms with Gasteiger partial charge in [-0.05, 0) is 12.5 Å². The Balaban J connectivity index is 3.06. The third-order valence-corrected chi connectivity index (χ3v) is 4.93. The summed E-state index contributed by atoms with van der Waals surface area (Å²) in [6, 6.07) is 0. The summed E-state index contributed by atoms with van der Waals surface area (Å²) in [7, 11) is -2.99. The summed E-state index contributed by atoms with van der Waals surface area (Å²) in [6.07, 6.45) is -4.52. The number of nitrogens with zero attached hydrogens (tertiary/aromatic N) is 1. The van der Waals surface area contributed by atoms with Gasteiger partial charge in [-0.25, -0.2) is 13.6 Å². The Labute approximate surface area is 111 Å². The van der Waals surface area contributed by atoms with Gasteiger partial charge in [0.05, 0.1) is 5.56 Å². The van der Waals surface area contributed by atoms with Crippen LogP contribution in [0, 0.1) is 6.92 Å². The van der Waals surface area contributed by atoms with Crippen molar-refractivity contribution in [3.05, 3.63) is 16.5 Å². The second-order valence-electron chi connectivity index (χ2n) is 3.88. The molecule has 1 aromatic heterocycles. The molecular weight excluding hydrogens is 305 g/mol. The van der Waals surface area contributed by atoms with Gasteiger partial charge in [-0.3, -0.25) is 4.79 Å². The average molecular weight is 316 g/mol. The highest BCUT2D eigenvalue weighted by Gasteiger charge is 2.32. The summed E-state index contributed by atoms with van der Waals surface area (Å²) in [5.41, 5.74) is -0.0349. The van der Waals surface area contributed by atoms with Crippen LogP contribution < -0.4 is 5.14 Å². The van der Waals surface area contributed by atoms with Crippen LogP contribution in [0.15, 0.2) is 9.59 Å². The maximum Gasteiger partial charge on any atom is 0.406 e. The molecule has 5 nitrogen and oxygen atoms in total. The third kappa shape index (κ3) is 3.91. The van der Waals surface area contributed by atoms with Crippen molar-refractivity contribution in [3.63, 3.8) is 0 Å². The Morgan fingerprint density at radius 3 is 2.37 bits per heavy atom. The lowest BCUT2D eigenvalue weighted by Crippen LogP contribution is -2.36. The molecule has 1 rings (SSSR count). The van der Waals surface area contributed by atoms with Crippen molar-refractivity contribution in [3.8, 4) is 0 Å². The molecule has 0 saturated heterocycles. The molecule has 0 aliphatic heterocycles. The van der Waals surface area contributed by atoms with Crippen LogP contribution >= 0.6 is 11.3 Å². The molecule has 0 radical (unpaired) electrons. The maximum atomic E-state index is 12.2. The molecule has 1 amide bonds. The second kappa shape index (κ2) is 5.10. The number of nitrogens with two attached hydrogens (primary N) is 1. The summed E-state index contributed by atoms with van der Waals surface area (Å²) in [4.78, 5) is 12.3. The highest BCUT2D eigenvalue weighted by Crippen LogP contribution is 2.27. The molecule has 0 aliphatic rings. The van der Waals surface area contributed by atoms with E-state index in [4.69, 9.17) is 5.14 Å². The van der Waals surface area contributed by atoms with Crippen molar-refractivity contribution in [2.45, 2.75) is 17.3 Å². The number of primary sulfonamides is 1. The van der Waals surface area contributed by atoms with Crippen molar-refractivity contribution < 1.29 is 26.4 Å². The monoisotopic (exact) mass is 316 g/mol.